The third-order valence-corrected chi connectivity index (χ3v) is 5.99. The van der Waals surface area contributed by atoms with Crippen LogP contribution in [0.3, 0.4) is 0 Å². The molecule has 3 N–H and O–H groups in total. The highest BCUT2D eigenvalue weighted by Gasteiger charge is 2.35. The summed E-state index contributed by atoms with van der Waals surface area (Å²) < 4.78 is 5.59. The van der Waals surface area contributed by atoms with Crippen molar-refractivity contribution in [2.45, 2.75) is 58.5 Å². The van der Waals surface area contributed by atoms with Crippen molar-refractivity contribution >= 4 is 18.0 Å². The Morgan fingerprint density at radius 1 is 0.970 bits per heavy atom. The predicted octanol–water partition coefficient (Wildman–Crippen LogP) is 4.31. The molecule has 1 aliphatic carbocycles. The van der Waals surface area contributed by atoms with Crippen LogP contribution in [0.15, 0.2) is 48.5 Å². The third kappa shape index (κ3) is 5.72. The number of aliphatic carboxylic acids is 1. The number of nitrogens with one attached hydrogen (secondary N) is 2. The number of alkyl carbamates (subject to hydrolysis) is 1. The monoisotopic (exact) mass is 452 g/mol. The van der Waals surface area contributed by atoms with E-state index in [-0.39, 0.29) is 18.9 Å². The molecule has 7 heteroatoms. The second kappa shape index (κ2) is 10.1. The number of hydrogen-bond donors (Lipinski definition) is 3. The van der Waals surface area contributed by atoms with E-state index < -0.39 is 35.5 Å². The first kappa shape index (κ1) is 24.3. The van der Waals surface area contributed by atoms with E-state index >= 15 is 0 Å². The summed E-state index contributed by atoms with van der Waals surface area (Å²) in [6, 6.07) is 14.8. The van der Waals surface area contributed by atoms with Crippen molar-refractivity contribution in [1.82, 2.24) is 10.6 Å². The van der Waals surface area contributed by atoms with Crippen LogP contribution in [-0.4, -0.2) is 41.8 Å². The fraction of sp³-hybridized carbons (Fsp3) is 0.423. The molecule has 3 rings (SSSR count). The van der Waals surface area contributed by atoms with Crippen molar-refractivity contribution in [3.05, 3.63) is 59.7 Å². The van der Waals surface area contributed by atoms with Crippen LogP contribution in [0.4, 0.5) is 4.79 Å². The molecular formula is C26H32N2O5. The molecule has 176 valence electrons. The fourth-order valence-electron chi connectivity index (χ4n) is 4.23. The molecular weight excluding hydrogens is 420 g/mol. The first-order valence-electron chi connectivity index (χ1n) is 11.3. The number of carboxylic acids is 1. The molecule has 0 spiro atoms. The molecule has 7 nitrogen and oxygen atoms in total. The van der Waals surface area contributed by atoms with Crippen molar-refractivity contribution in [2.24, 2.45) is 5.41 Å². The van der Waals surface area contributed by atoms with Gasteiger partial charge in [0.15, 0.2) is 0 Å². The van der Waals surface area contributed by atoms with E-state index in [9.17, 15) is 14.4 Å². The molecule has 0 saturated heterocycles. The number of hydrogen-bond acceptors (Lipinski definition) is 4. The van der Waals surface area contributed by atoms with E-state index in [0.29, 0.717) is 6.42 Å². The van der Waals surface area contributed by atoms with Gasteiger partial charge in [-0.15, -0.1) is 0 Å². The van der Waals surface area contributed by atoms with Gasteiger partial charge in [-0.2, -0.15) is 0 Å². The van der Waals surface area contributed by atoms with Crippen molar-refractivity contribution < 1.29 is 24.2 Å². The van der Waals surface area contributed by atoms with E-state index in [1.165, 1.54) is 0 Å². The molecule has 0 aromatic heterocycles. The second-order valence-electron chi connectivity index (χ2n) is 9.48. The number of carbonyl (C=O) groups is 3. The highest BCUT2D eigenvalue weighted by atomic mass is 16.5. The standard InChI is InChI=1S/C26H32N2O5/c1-5-16(14-22(29)30)27-24(31)23(26(2,3)4)28-25(32)33-15-21-19-12-8-6-10-17(19)18-11-7-9-13-20(18)21/h6-13,16,21,23H,5,14-15H2,1-4H3,(H,27,31)(H,28,32)(H,29,30). The van der Waals surface area contributed by atoms with Gasteiger partial charge in [0.25, 0.3) is 0 Å². The Morgan fingerprint density at radius 2 is 1.52 bits per heavy atom. The average Bonchev–Trinajstić information content (AvgIpc) is 3.08. The normalized spacial score (nSPS) is 14.5. The minimum atomic E-state index is -0.987. The number of rotatable bonds is 8. The van der Waals surface area contributed by atoms with Gasteiger partial charge in [-0.05, 0) is 34.1 Å². The van der Waals surface area contributed by atoms with Gasteiger partial charge in [-0.3, -0.25) is 9.59 Å². The smallest absolute Gasteiger partial charge is 0.407 e. The van der Waals surface area contributed by atoms with Gasteiger partial charge in [-0.1, -0.05) is 76.2 Å². The lowest BCUT2D eigenvalue weighted by atomic mass is 9.86. The summed E-state index contributed by atoms with van der Waals surface area (Å²) in [6.07, 6.45) is -0.387. The first-order chi connectivity index (χ1) is 15.6. The Labute approximate surface area is 194 Å². The summed E-state index contributed by atoms with van der Waals surface area (Å²) in [5.74, 6) is -1.49. The fourth-order valence-corrected chi connectivity index (χ4v) is 4.23. The lowest BCUT2D eigenvalue weighted by Gasteiger charge is -2.31. The van der Waals surface area contributed by atoms with E-state index in [1.807, 2.05) is 57.2 Å². The van der Waals surface area contributed by atoms with E-state index in [2.05, 4.69) is 22.8 Å². The quantitative estimate of drug-likeness (QED) is 0.554. The van der Waals surface area contributed by atoms with Crippen LogP contribution in [0.25, 0.3) is 11.1 Å². The second-order valence-corrected chi connectivity index (χ2v) is 9.48. The summed E-state index contributed by atoms with van der Waals surface area (Å²) >= 11 is 0. The molecule has 0 aliphatic heterocycles. The zero-order valence-electron chi connectivity index (χ0n) is 19.6. The van der Waals surface area contributed by atoms with Crippen LogP contribution < -0.4 is 10.6 Å². The Kier molecular flexibility index (Phi) is 7.41. The van der Waals surface area contributed by atoms with E-state index in [4.69, 9.17) is 9.84 Å². The molecule has 2 atom stereocenters. The SMILES string of the molecule is CCC(CC(=O)O)NC(=O)C(NC(=O)OCC1c2ccccc2-c2ccccc21)C(C)(C)C. The number of carbonyl (C=O) groups excluding carboxylic acids is 2. The van der Waals surface area contributed by atoms with Crippen LogP contribution >= 0.6 is 0 Å². The van der Waals surface area contributed by atoms with Gasteiger partial charge in [0, 0.05) is 12.0 Å². The van der Waals surface area contributed by atoms with Gasteiger partial charge >= 0.3 is 12.1 Å². The maximum Gasteiger partial charge on any atom is 0.407 e. The number of amides is 2. The van der Waals surface area contributed by atoms with Crippen LogP contribution in [-0.2, 0) is 14.3 Å². The maximum absolute atomic E-state index is 12.9. The van der Waals surface area contributed by atoms with Crippen molar-refractivity contribution in [1.29, 1.82) is 0 Å². The third-order valence-electron chi connectivity index (χ3n) is 5.99. The van der Waals surface area contributed by atoms with Gasteiger partial charge in [0.1, 0.15) is 12.6 Å². The molecule has 2 amide bonds. The molecule has 0 saturated carbocycles. The van der Waals surface area contributed by atoms with Crippen LogP contribution in [0.5, 0.6) is 0 Å². The lowest BCUT2D eigenvalue weighted by molar-refractivity contribution is -0.137. The van der Waals surface area contributed by atoms with E-state index in [1.54, 1.807) is 6.92 Å². The Morgan fingerprint density at radius 3 is 2.00 bits per heavy atom. The molecule has 0 heterocycles. The Bertz CT molecular complexity index is 982. The minimum Gasteiger partial charge on any atom is -0.481 e. The minimum absolute atomic E-state index is 0.0786. The number of carboxylic acid groups (broad SMARTS) is 1. The summed E-state index contributed by atoms with van der Waals surface area (Å²) in [6.45, 7) is 7.45. The topological polar surface area (TPSA) is 105 Å². The Hall–Kier alpha value is -3.35. The molecule has 2 aromatic rings. The van der Waals surface area contributed by atoms with E-state index in [0.717, 1.165) is 22.3 Å². The molecule has 0 radical (unpaired) electrons. The highest BCUT2D eigenvalue weighted by Crippen LogP contribution is 2.44. The zero-order valence-corrected chi connectivity index (χ0v) is 19.6. The summed E-state index contributed by atoms with van der Waals surface area (Å²) in [5.41, 5.74) is 3.89. The summed E-state index contributed by atoms with van der Waals surface area (Å²) in [4.78, 5) is 36.6. The van der Waals surface area contributed by atoms with Crippen molar-refractivity contribution in [3.63, 3.8) is 0 Å². The molecule has 2 aromatic carbocycles. The zero-order chi connectivity index (χ0) is 24.2. The molecule has 33 heavy (non-hydrogen) atoms. The van der Waals surface area contributed by atoms with Crippen LogP contribution in [0.1, 0.15) is 57.6 Å². The number of ether oxygens (including phenoxy) is 1. The lowest BCUT2D eigenvalue weighted by Crippen LogP contribution is -2.55. The number of fused-ring (bicyclic) bond motifs is 3. The maximum atomic E-state index is 12.9. The van der Waals surface area contributed by atoms with Gasteiger partial charge in [0.05, 0.1) is 6.42 Å². The Balaban J connectivity index is 1.68. The highest BCUT2D eigenvalue weighted by molar-refractivity contribution is 5.87. The first-order valence-corrected chi connectivity index (χ1v) is 11.3. The molecule has 0 bridgehead atoms. The average molecular weight is 453 g/mol. The van der Waals surface area contributed by atoms with Crippen LogP contribution in [0.2, 0.25) is 0 Å². The van der Waals surface area contributed by atoms with Crippen molar-refractivity contribution in [3.8, 4) is 11.1 Å². The van der Waals surface area contributed by atoms with Gasteiger partial charge < -0.3 is 20.5 Å². The summed E-state index contributed by atoms with van der Waals surface area (Å²) in [7, 11) is 0. The van der Waals surface area contributed by atoms with Crippen LogP contribution in [0, 0.1) is 5.41 Å². The van der Waals surface area contributed by atoms with Gasteiger partial charge in [-0.25, -0.2) is 4.79 Å². The van der Waals surface area contributed by atoms with Crippen molar-refractivity contribution in [2.75, 3.05) is 6.61 Å². The van der Waals surface area contributed by atoms with Gasteiger partial charge in [0.2, 0.25) is 5.91 Å². The predicted molar refractivity (Wildman–Crippen MR) is 126 cm³/mol. The largest absolute Gasteiger partial charge is 0.481 e. The summed E-state index contributed by atoms with van der Waals surface area (Å²) in [5, 5.41) is 14.5. The number of benzene rings is 2. The molecule has 1 aliphatic rings. The molecule has 2 unspecified atom stereocenters. The molecule has 0 fully saturated rings.